The van der Waals surface area contributed by atoms with Crippen molar-refractivity contribution in [1.29, 1.82) is 0 Å². The molecule has 2 aromatic rings. The van der Waals surface area contributed by atoms with E-state index in [2.05, 4.69) is 17.3 Å². The van der Waals surface area contributed by atoms with Crippen molar-refractivity contribution in [2.24, 2.45) is 0 Å². The van der Waals surface area contributed by atoms with E-state index in [0.29, 0.717) is 28.6 Å². The number of nitrogens with zero attached hydrogens (tertiary/aromatic N) is 1. The van der Waals surface area contributed by atoms with Gasteiger partial charge in [-0.15, -0.1) is 0 Å². The third-order valence-electron chi connectivity index (χ3n) is 5.83. The van der Waals surface area contributed by atoms with E-state index in [1.807, 2.05) is 25.1 Å². The number of hydrogen-bond acceptors (Lipinski definition) is 4. The first-order valence-electron chi connectivity index (χ1n) is 9.50. The van der Waals surface area contributed by atoms with Crippen LogP contribution in [0.5, 0.6) is 5.75 Å². The summed E-state index contributed by atoms with van der Waals surface area (Å²) in [6.45, 7) is 2.20. The second kappa shape index (κ2) is 7.56. The minimum Gasteiger partial charge on any atom is -0.486 e. The van der Waals surface area contributed by atoms with Crippen molar-refractivity contribution in [2.75, 3.05) is 7.05 Å². The van der Waals surface area contributed by atoms with Crippen molar-refractivity contribution >= 4 is 17.5 Å². The van der Waals surface area contributed by atoms with Gasteiger partial charge in [0.05, 0.1) is 0 Å². The molecule has 0 saturated carbocycles. The average Bonchev–Trinajstić information content (AvgIpc) is 3.18. The molecule has 2 aliphatic heterocycles. The van der Waals surface area contributed by atoms with E-state index >= 15 is 0 Å². The molecule has 2 aliphatic rings. The number of aryl methyl sites for hydroxylation is 1. The lowest BCUT2D eigenvalue weighted by Gasteiger charge is -2.36. The molecule has 4 rings (SSSR count). The minimum atomic E-state index is -0.141. The van der Waals surface area contributed by atoms with Crippen molar-refractivity contribution in [3.63, 3.8) is 0 Å². The molecule has 2 fully saturated rings. The molecule has 2 atom stereocenters. The van der Waals surface area contributed by atoms with Gasteiger partial charge in [0.25, 0.3) is 5.91 Å². The zero-order valence-corrected chi connectivity index (χ0v) is 16.5. The Labute approximate surface area is 164 Å². The van der Waals surface area contributed by atoms with Crippen LogP contribution in [0.2, 0.25) is 5.02 Å². The number of fused-ring (bicyclic) bond motifs is 2. The van der Waals surface area contributed by atoms with Gasteiger partial charge in [-0.2, -0.15) is 0 Å². The summed E-state index contributed by atoms with van der Waals surface area (Å²) in [5, 5.41) is 3.85. The summed E-state index contributed by atoms with van der Waals surface area (Å²) in [5.41, 5.74) is 0.959. The summed E-state index contributed by atoms with van der Waals surface area (Å²) in [7, 11) is 2.20. The maximum Gasteiger partial charge on any atom is 0.287 e. The van der Waals surface area contributed by atoms with Crippen LogP contribution in [-0.4, -0.2) is 36.0 Å². The molecule has 0 spiro atoms. The van der Waals surface area contributed by atoms with Crippen LogP contribution in [0, 0.1) is 6.92 Å². The Hall–Kier alpha value is -1.98. The highest BCUT2D eigenvalue weighted by molar-refractivity contribution is 6.31. The molecule has 0 unspecified atom stereocenters. The molecular weight excluding hydrogens is 364 g/mol. The molecular formula is C21H25ClN2O3. The average molecular weight is 389 g/mol. The molecule has 3 heterocycles. The van der Waals surface area contributed by atoms with E-state index < -0.39 is 0 Å². The number of carbonyl (C=O) groups is 1. The number of hydrogen-bond donors (Lipinski definition) is 1. The Morgan fingerprint density at radius 3 is 2.70 bits per heavy atom. The quantitative estimate of drug-likeness (QED) is 0.835. The van der Waals surface area contributed by atoms with Gasteiger partial charge in [-0.05, 0) is 75.5 Å². The molecule has 0 aliphatic carbocycles. The van der Waals surface area contributed by atoms with Gasteiger partial charge >= 0.3 is 0 Å². The second-order valence-electron chi connectivity index (χ2n) is 7.66. The molecule has 144 valence electrons. The Kier molecular flexibility index (Phi) is 5.15. The smallest absolute Gasteiger partial charge is 0.287 e. The maximum atomic E-state index is 12.5. The normalized spacial score (nSPS) is 24.8. The lowest BCUT2D eigenvalue weighted by atomic mass is 9.98. The molecule has 2 bridgehead atoms. The first-order valence-corrected chi connectivity index (χ1v) is 9.88. The SMILES string of the molecule is Cc1cc(OCc2ccc(C(=O)NC3C[C@@H]4CC[C@@H](C3)N4C)o2)ccc1Cl. The molecule has 5 nitrogen and oxygen atoms in total. The van der Waals surface area contributed by atoms with Crippen LogP contribution in [-0.2, 0) is 6.61 Å². The Bertz CT molecular complexity index is 821. The van der Waals surface area contributed by atoms with Crippen LogP contribution in [0.3, 0.4) is 0 Å². The first-order chi connectivity index (χ1) is 13.0. The number of halogens is 1. The highest BCUT2D eigenvalue weighted by atomic mass is 35.5. The number of nitrogens with one attached hydrogen (secondary N) is 1. The van der Waals surface area contributed by atoms with E-state index in [9.17, 15) is 4.79 Å². The lowest BCUT2D eigenvalue weighted by Crippen LogP contribution is -2.48. The molecule has 1 N–H and O–H groups in total. The highest BCUT2D eigenvalue weighted by Gasteiger charge is 2.39. The zero-order valence-electron chi connectivity index (χ0n) is 15.7. The van der Waals surface area contributed by atoms with Gasteiger partial charge in [-0.3, -0.25) is 4.79 Å². The maximum absolute atomic E-state index is 12.5. The van der Waals surface area contributed by atoms with Crippen molar-refractivity contribution in [1.82, 2.24) is 10.2 Å². The van der Waals surface area contributed by atoms with Crippen LogP contribution < -0.4 is 10.1 Å². The largest absolute Gasteiger partial charge is 0.486 e. The van der Waals surface area contributed by atoms with E-state index in [0.717, 1.165) is 24.2 Å². The molecule has 2 saturated heterocycles. The number of piperidine rings is 1. The summed E-state index contributed by atoms with van der Waals surface area (Å²) in [4.78, 5) is 15.0. The fraction of sp³-hybridized carbons (Fsp3) is 0.476. The van der Waals surface area contributed by atoms with Gasteiger partial charge in [-0.1, -0.05) is 11.6 Å². The summed E-state index contributed by atoms with van der Waals surface area (Å²) in [6.07, 6.45) is 4.51. The van der Waals surface area contributed by atoms with Gasteiger partial charge < -0.3 is 19.4 Å². The van der Waals surface area contributed by atoms with Crippen molar-refractivity contribution < 1.29 is 13.9 Å². The van der Waals surface area contributed by atoms with Crippen molar-refractivity contribution in [3.8, 4) is 5.75 Å². The van der Waals surface area contributed by atoms with E-state index in [-0.39, 0.29) is 18.6 Å². The predicted molar refractivity (Wildman–Crippen MR) is 104 cm³/mol. The van der Waals surface area contributed by atoms with Crippen molar-refractivity contribution in [2.45, 2.75) is 57.3 Å². The third-order valence-corrected chi connectivity index (χ3v) is 6.25. The molecule has 1 aromatic heterocycles. The number of benzene rings is 1. The topological polar surface area (TPSA) is 54.7 Å². The Morgan fingerprint density at radius 2 is 2.00 bits per heavy atom. The number of furan rings is 1. The summed E-state index contributed by atoms with van der Waals surface area (Å²) < 4.78 is 11.4. The minimum absolute atomic E-state index is 0.141. The Morgan fingerprint density at radius 1 is 1.26 bits per heavy atom. The lowest BCUT2D eigenvalue weighted by molar-refractivity contribution is 0.0851. The predicted octanol–water partition coefficient (Wildman–Crippen LogP) is 4.18. The molecule has 1 aromatic carbocycles. The Balaban J connectivity index is 1.32. The summed E-state index contributed by atoms with van der Waals surface area (Å²) >= 11 is 6.02. The van der Waals surface area contributed by atoms with Crippen LogP contribution in [0.1, 0.15) is 47.6 Å². The summed E-state index contributed by atoms with van der Waals surface area (Å²) in [6, 6.07) is 10.4. The summed E-state index contributed by atoms with van der Waals surface area (Å²) in [5.74, 6) is 1.54. The van der Waals surface area contributed by atoms with Gasteiger partial charge in [0, 0.05) is 23.1 Å². The van der Waals surface area contributed by atoms with Gasteiger partial charge in [0.1, 0.15) is 18.1 Å². The molecule has 6 heteroatoms. The highest BCUT2D eigenvalue weighted by Crippen LogP contribution is 2.34. The van der Waals surface area contributed by atoms with Crippen LogP contribution >= 0.6 is 11.6 Å². The number of carbonyl (C=O) groups excluding carboxylic acids is 1. The number of rotatable bonds is 5. The fourth-order valence-electron chi connectivity index (χ4n) is 4.22. The van der Waals surface area contributed by atoms with Crippen LogP contribution in [0.4, 0.5) is 0 Å². The van der Waals surface area contributed by atoms with Gasteiger partial charge in [-0.25, -0.2) is 0 Å². The zero-order chi connectivity index (χ0) is 19.0. The first kappa shape index (κ1) is 18.4. The van der Waals surface area contributed by atoms with Crippen molar-refractivity contribution in [3.05, 3.63) is 52.4 Å². The molecule has 27 heavy (non-hydrogen) atoms. The fourth-order valence-corrected chi connectivity index (χ4v) is 4.34. The third kappa shape index (κ3) is 3.99. The number of ether oxygens (including phenoxy) is 1. The van der Waals surface area contributed by atoms with Crippen LogP contribution in [0.15, 0.2) is 34.7 Å². The number of amides is 1. The van der Waals surface area contributed by atoms with Crippen LogP contribution in [0.25, 0.3) is 0 Å². The van der Waals surface area contributed by atoms with Gasteiger partial charge in [0.15, 0.2) is 5.76 Å². The monoisotopic (exact) mass is 388 g/mol. The van der Waals surface area contributed by atoms with Gasteiger partial charge in [0.2, 0.25) is 0 Å². The molecule has 0 radical (unpaired) electrons. The standard InChI is InChI=1S/C21H25ClN2O3/c1-13-9-17(5-7-19(13)22)26-12-18-6-8-20(27-18)21(25)23-14-10-15-3-4-16(11-14)24(15)2/h5-9,14-16H,3-4,10-12H2,1-2H3,(H,23,25)/t15-,16-/m0/s1. The molecule has 1 amide bonds. The van der Waals surface area contributed by atoms with E-state index in [4.69, 9.17) is 20.8 Å². The second-order valence-corrected chi connectivity index (χ2v) is 8.07. The van der Waals surface area contributed by atoms with E-state index in [1.165, 1.54) is 12.8 Å². The van der Waals surface area contributed by atoms with E-state index in [1.54, 1.807) is 12.1 Å².